The summed E-state index contributed by atoms with van der Waals surface area (Å²) < 4.78 is 18.8. The van der Waals surface area contributed by atoms with Crippen molar-refractivity contribution in [3.63, 3.8) is 0 Å². The first kappa shape index (κ1) is 13.5. The molecule has 108 valence electrons. The lowest BCUT2D eigenvalue weighted by atomic mass is 10.1. The first-order valence-corrected chi connectivity index (χ1v) is 7.09. The fourth-order valence-corrected chi connectivity index (χ4v) is 2.95. The SMILES string of the molecule is CC(O)CC1CCCN1Cc1nc2cc(F)ccc2o1. The average Bonchev–Trinajstić information content (AvgIpc) is 2.95. The van der Waals surface area contributed by atoms with E-state index in [1.54, 1.807) is 6.07 Å². The second kappa shape index (κ2) is 5.50. The highest BCUT2D eigenvalue weighted by Gasteiger charge is 2.26. The summed E-state index contributed by atoms with van der Waals surface area (Å²) in [5.74, 6) is 0.314. The molecule has 4 nitrogen and oxygen atoms in total. The molecule has 3 rings (SSSR count). The maximum atomic E-state index is 13.1. The third kappa shape index (κ3) is 2.83. The topological polar surface area (TPSA) is 49.5 Å². The molecule has 0 amide bonds. The van der Waals surface area contributed by atoms with Crippen LogP contribution in [0.1, 0.15) is 32.1 Å². The standard InChI is InChI=1S/C15H19FN2O2/c1-10(19)7-12-3-2-6-18(12)9-15-17-13-8-11(16)4-5-14(13)20-15/h4-5,8,10,12,19H,2-3,6-7,9H2,1H3. The van der Waals surface area contributed by atoms with Crippen LogP contribution in [0.4, 0.5) is 4.39 Å². The lowest BCUT2D eigenvalue weighted by Crippen LogP contribution is -2.31. The van der Waals surface area contributed by atoms with Gasteiger partial charge in [0, 0.05) is 12.1 Å². The van der Waals surface area contributed by atoms with Crippen LogP contribution < -0.4 is 0 Å². The summed E-state index contributed by atoms with van der Waals surface area (Å²) in [5.41, 5.74) is 1.18. The van der Waals surface area contributed by atoms with Crippen LogP contribution >= 0.6 is 0 Å². The molecule has 2 aromatic rings. The molecule has 2 heterocycles. The number of aromatic nitrogens is 1. The van der Waals surface area contributed by atoms with Gasteiger partial charge in [0.1, 0.15) is 11.3 Å². The average molecular weight is 278 g/mol. The summed E-state index contributed by atoms with van der Waals surface area (Å²) in [5, 5.41) is 9.53. The van der Waals surface area contributed by atoms with E-state index in [1.165, 1.54) is 12.1 Å². The van der Waals surface area contributed by atoms with Gasteiger partial charge in [-0.2, -0.15) is 0 Å². The Kier molecular flexibility index (Phi) is 3.72. The number of rotatable bonds is 4. The number of benzene rings is 1. The van der Waals surface area contributed by atoms with Crippen molar-refractivity contribution in [3.8, 4) is 0 Å². The smallest absolute Gasteiger partial charge is 0.209 e. The van der Waals surface area contributed by atoms with Gasteiger partial charge in [0.05, 0.1) is 12.6 Å². The molecule has 0 radical (unpaired) electrons. The van der Waals surface area contributed by atoms with E-state index in [9.17, 15) is 9.50 Å². The van der Waals surface area contributed by atoms with E-state index in [1.807, 2.05) is 6.92 Å². The first-order valence-electron chi connectivity index (χ1n) is 7.09. The van der Waals surface area contributed by atoms with Gasteiger partial charge in [0.25, 0.3) is 0 Å². The summed E-state index contributed by atoms with van der Waals surface area (Å²) in [4.78, 5) is 6.63. The zero-order valence-corrected chi connectivity index (χ0v) is 11.6. The maximum Gasteiger partial charge on any atom is 0.209 e. The molecule has 0 aliphatic carbocycles. The van der Waals surface area contributed by atoms with Crippen LogP contribution in [0, 0.1) is 5.82 Å². The number of hydrogen-bond acceptors (Lipinski definition) is 4. The largest absolute Gasteiger partial charge is 0.439 e. The molecule has 0 spiro atoms. The number of likely N-dealkylation sites (tertiary alicyclic amines) is 1. The van der Waals surface area contributed by atoms with Gasteiger partial charge in [0.2, 0.25) is 5.89 Å². The van der Waals surface area contributed by atoms with E-state index in [-0.39, 0.29) is 11.9 Å². The van der Waals surface area contributed by atoms with Crippen molar-refractivity contribution < 1.29 is 13.9 Å². The summed E-state index contributed by atoms with van der Waals surface area (Å²) in [6.45, 7) is 3.43. The predicted octanol–water partition coefficient (Wildman–Crippen LogP) is 2.70. The van der Waals surface area contributed by atoms with Crippen LogP contribution in [0.3, 0.4) is 0 Å². The van der Waals surface area contributed by atoms with Crippen LogP contribution in [-0.4, -0.2) is 33.7 Å². The van der Waals surface area contributed by atoms with E-state index in [2.05, 4.69) is 9.88 Å². The summed E-state index contributed by atoms with van der Waals surface area (Å²) in [6.07, 6.45) is 2.71. The third-order valence-corrected chi connectivity index (χ3v) is 3.84. The van der Waals surface area contributed by atoms with Crippen molar-refractivity contribution in [1.29, 1.82) is 0 Å². The van der Waals surface area contributed by atoms with E-state index in [0.717, 1.165) is 25.8 Å². The molecule has 1 aliphatic rings. The third-order valence-electron chi connectivity index (χ3n) is 3.84. The Labute approximate surface area is 117 Å². The highest BCUT2D eigenvalue weighted by atomic mass is 19.1. The van der Waals surface area contributed by atoms with Crippen LogP contribution in [0.25, 0.3) is 11.1 Å². The number of aliphatic hydroxyl groups is 1. The van der Waals surface area contributed by atoms with Gasteiger partial charge in [-0.25, -0.2) is 9.37 Å². The molecule has 0 saturated carbocycles. The summed E-state index contributed by atoms with van der Waals surface area (Å²) in [6, 6.07) is 4.75. The Balaban J connectivity index is 1.75. The molecule has 1 aromatic carbocycles. The molecule has 2 unspecified atom stereocenters. The van der Waals surface area contributed by atoms with Gasteiger partial charge >= 0.3 is 0 Å². The van der Waals surface area contributed by atoms with Crippen molar-refractivity contribution in [1.82, 2.24) is 9.88 Å². The van der Waals surface area contributed by atoms with Gasteiger partial charge in [-0.05, 0) is 44.9 Å². The van der Waals surface area contributed by atoms with E-state index in [4.69, 9.17) is 4.42 Å². The maximum absolute atomic E-state index is 13.1. The fraction of sp³-hybridized carbons (Fsp3) is 0.533. The molecule has 1 aliphatic heterocycles. The zero-order chi connectivity index (χ0) is 14.1. The molecule has 20 heavy (non-hydrogen) atoms. The van der Waals surface area contributed by atoms with Crippen LogP contribution in [0.15, 0.2) is 22.6 Å². The van der Waals surface area contributed by atoms with E-state index in [0.29, 0.717) is 29.6 Å². The second-order valence-corrected chi connectivity index (χ2v) is 5.57. The number of halogens is 1. The Bertz CT molecular complexity index is 597. The van der Waals surface area contributed by atoms with Crippen LogP contribution in [0.5, 0.6) is 0 Å². The van der Waals surface area contributed by atoms with Crippen LogP contribution in [0.2, 0.25) is 0 Å². The zero-order valence-electron chi connectivity index (χ0n) is 11.6. The Hall–Kier alpha value is -1.46. The first-order chi connectivity index (χ1) is 9.61. The molecule has 0 bridgehead atoms. The van der Waals surface area contributed by atoms with Crippen molar-refractivity contribution in [2.75, 3.05) is 6.54 Å². The normalized spacial score (nSPS) is 21.6. The molecule has 5 heteroatoms. The highest BCUT2D eigenvalue weighted by Crippen LogP contribution is 2.25. The van der Waals surface area contributed by atoms with E-state index >= 15 is 0 Å². The Morgan fingerprint density at radius 1 is 1.55 bits per heavy atom. The fourth-order valence-electron chi connectivity index (χ4n) is 2.95. The molecular weight excluding hydrogens is 259 g/mol. The van der Waals surface area contributed by atoms with Gasteiger partial charge in [0.15, 0.2) is 5.58 Å². The van der Waals surface area contributed by atoms with E-state index < -0.39 is 0 Å². The quantitative estimate of drug-likeness (QED) is 0.934. The Morgan fingerprint density at radius 3 is 3.20 bits per heavy atom. The van der Waals surface area contributed by atoms with Gasteiger partial charge in [-0.1, -0.05) is 0 Å². The van der Waals surface area contributed by atoms with Gasteiger partial charge in [-0.15, -0.1) is 0 Å². The summed E-state index contributed by atoms with van der Waals surface area (Å²) in [7, 11) is 0. The lowest BCUT2D eigenvalue weighted by Gasteiger charge is -2.23. The van der Waals surface area contributed by atoms with Gasteiger partial charge < -0.3 is 9.52 Å². The highest BCUT2D eigenvalue weighted by molar-refractivity contribution is 5.72. The number of oxazole rings is 1. The minimum Gasteiger partial charge on any atom is -0.439 e. The Morgan fingerprint density at radius 2 is 2.40 bits per heavy atom. The van der Waals surface area contributed by atoms with Crippen LogP contribution in [-0.2, 0) is 6.54 Å². The van der Waals surface area contributed by atoms with Crippen molar-refractivity contribution in [2.24, 2.45) is 0 Å². The monoisotopic (exact) mass is 278 g/mol. The molecule has 1 fully saturated rings. The minimum absolute atomic E-state index is 0.293. The number of fused-ring (bicyclic) bond motifs is 1. The number of hydrogen-bond donors (Lipinski definition) is 1. The number of nitrogens with zero attached hydrogens (tertiary/aromatic N) is 2. The summed E-state index contributed by atoms with van der Waals surface area (Å²) >= 11 is 0. The molecule has 1 saturated heterocycles. The predicted molar refractivity (Wildman–Crippen MR) is 73.7 cm³/mol. The molecular formula is C15H19FN2O2. The number of aliphatic hydroxyl groups excluding tert-OH is 1. The molecule has 1 N–H and O–H groups in total. The van der Waals surface area contributed by atoms with Crippen molar-refractivity contribution in [2.45, 2.75) is 44.9 Å². The van der Waals surface area contributed by atoms with Crippen molar-refractivity contribution in [3.05, 3.63) is 29.9 Å². The second-order valence-electron chi connectivity index (χ2n) is 5.57. The van der Waals surface area contributed by atoms with Gasteiger partial charge in [-0.3, -0.25) is 4.90 Å². The molecule has 2 atom stereocenters. The minimum atomic E-state index is -0.300. The van der Waals surface area contributed by atoms with Crippen molar-refractivity contribution >= 4 is 11.1 Å². The molecule has 1 aromatic heterocycles. The lowest BCUT2D eigenvalue weighted by molar-refractivity contribution is 0.126.